The molecule has 0 spiro atoms. The number of rotatable bonds is 1. The lowest BCUT2D eigenvalue weighted by atomic mass is 9.52. The fourth-order valence-electron chi connectivity index (χ4n) is 3.72. The number of hydrogen-bond acceptors (Lipinski definition) is 1. The third kappa shape index (κ3) is 2.09. The van der Waals surface area contributed by atoms with Gasteiger partial charge in [0.15, 0.2) is 0 Å². The van der Waals surface area contributed by atoms with E-state index in [1.165, 1.54) is 24.7 Å². The first-order valence-corrected chi connectivity index (χ1v) is 6.67. The molecule has 0 aromatic heterocycles. The van der Waals surface area contributed by atoms with Gasteiger partial charge >= 0.3 is 0 Å². The summed E-state index contributed by atoms with van der Waals surface area (Å²) in [5.41, 5.74) is 1.93. The van der Waals surface area contributed by atoms with Crippen molar-refractivity contribution in [3.05, 3.63) is 12.2 Å². The molecule has 2 saturated carbocycles. The molecule has 2 aliphatic rings. The van der Waals surface area contributed by atoms with Crippen LogP contribution in [0.25, 0.3) is 0 Å². The minimum absolute atomic E-state index is 0.308. The monoisotopic (exact) mass is 220 g/mol. The zero-order valence-electron chi connectivity index (χ0n) is 10.7. The quantitative estimate of drug-likeness (QED) is 0.482. The molecular weight excluding hydrogens is 196 g/mol. The number of allylic oxidation sites excluding steroid dienone is 1. The Kier molecular flexibility index (Phi) is 3.23. The molecule has 2 rings (SSSR count). The second kappa shape index (κ2) is 4.35. The van der Waals surface area contributed by atoms with Crippen molar-refractivity contribution in [3.8, 4) is 0 Å². The van der Waals surface area contributed by atoms with Crippen LogP contribution in [0.4, 0.5) is 0 Å². The fraction of sp³-hybridized carbons (Fsp3) is 0.800. The van der Waals surface area contributed by atoms with E-state index in [0.717, 1.165) is 37.5 Å². The first-order valence-electron chi connectivity index (χ1n) is 6.67. The van der Waals surface area contributed by atoms with Gasteiger partial charge in [-0.3, -0.25) is 0 Å². The van der Waals surface area contributed by atoms with Gasteiger partial charge < -0.3 is 4.79 Å². The van der Waals surface area contributed by atoms with E-state index >= 15 is 0 Å². The molecule has 0 heterocycles. The van der Waals surface area contributed by atoms with E-state index in [-0.39, 0.29) is 0 Å². The van der Waals surface area contributed by atoms with Gasteiger partial charge in [0.05, 0.1) is 0 Å². The lowest BCUT2D eigenvalue weighted by Crippen LogP contribution is -2.44. The molecule has 0 aliphatic heterocycles. The van der Waals surface area contributed by atoms with Crippen molar-refractivity contribution in [1.82, 2.24) is 0 Å². The topological polar surface area (TPSA) is 17.1 Å². The lowest BCUT2D eigenvalue weighted by molar-refractivity contribution is -0.111. The van der Waals surface area contributed by atoms with E-state index in [1.807, 2.05) is 0 Å². The number of aldehydes is 1. The first kappa shape index (κ1) is 11.9. The summed E-state index contributed by atoms with van der Waals surface area (Å²) in [6.45, 7) is 9.01. The summed E-state index contributed by atoms with van der Waals surface area (Å²) in [4.78, 5) is 11.0. The third-order valence-electron chi connectivity index (χ3n) is 4.87. The van der Waals surface area contributed by atoms with Gasteiger partial charge in [0.2, 0.25) is 0 Å². The van der Waals surface area contributed by atoms with Crippen LogP contribution in [0.2, 0.25) is 0 Å². The van der Waals surface area contributed by atoms with E-state index in [2.05, 4.69) is 20.4 Å². The highest BCUT2D eigenvalue weighted by Gasteiger charge is 2.47. The van der Waals surface area contributed by atoms with Crippen LogP contribution in [-0.4, -0.2) is 6.29 Å². The maximum Gasteiger partial charge on any atom is 0.123 e. The second-order valence-electron chi connectivity index (χ2n) is 6.43. The molecule has 1 heteroatoms. The molecule has 1 unspecified atom stereocenters. The maximum atomic E-state index is 11.0. The van der Waals surface area contributed by atoms with Crippen LogP contribution in [0.3, 0.4) is 0 Å². The Morgan fingerprint density at radius 1 is 1.31 bits per heavy atom. The SMILES string of the molecule is C=C1CCCC(C=O)CC[C@@H]2[C@@H]1CC2(C)C. The Morgan fingerprint density at radius 2 is 2.06 bits per heavy atom. The zero-order valence-corrected chi connectivity index (χ0v) is 10.7. The Hall–Kier alpha value is -0.590. The second-order valence-corrected chi connectivity index (χ2v) is 6.43. The molecular formula is C15H24O. The predicted octanol–water partition coefficient (Wildman–Crippen LogP) is 3.98. The van der Waals surface area contributed by atoms with Gasteiger partial charge in [-0.05, 0) is 55.8 Å². The lowest BCUT2D eigenvalue weighted by Gasteiger charge is -2.53. The van der Waals surface area contributed by atoms with Crippen molar-refractivity contribution in [3.63, 3.8) is 0 Å². The summed E-state index contributed by atoms with van der Waals surface area (Å²) in [7, 11) is 0. The van der Waals surface area contributed by atoms with Crippen LogP contribution in [-0.2, 0) is 4.79 Å². The molecule has 0 aromatic carbocycles. The minimum atomic E-state index is 0.308. The summed E-state index contributed by atoms with van der Waals surface area (Å²) in [5, 5.41) is 0. The van der Waals surface area contributed by atoms with Crippen LogP contribution >= 0.6 is 0 Å². The molecule has 2 fully saturated rings. The summed E-state index contributed by atoms with van der Waals surface area (Å²) >= 11 is 0. The van der Waals surface area contributed by atoms with E-state index in [1.54, 1.807) is 0 Å². The molecule has 0 bridgehead atoms. The van der Waals surface area contributed by atoms with Crippen LogP contribution in [0.5, 0.6) is 0 Å². The van der Waals surface area contributed by atoms with Gasteiger partial charge in [-0.15, -0.1) is 0 Å². The first-order chi connectivity index (χ1) is 7.54. The highest BCUT2D eigenvalue weighted by Crippen LogP contribution is 2.56. The molecule has 0 amide bonds. The Morgan fingerprint density at radius 3 is 2.69 bits per heavy atom. The van der Waals surface area contributed by atoms with Crippen molar-refractivity contribution in [2.75, 3.05) is 0 Å². The standard InChI is InChI=1S/C15H24O/c1-11-5-4-6-12(10-16)7-8-14-13(11)9-15(14,2)3/h10,12-14H,1,4-9H2,2-3H3/t12?,13-,14-/m1/s1. The Labute approximate surface area is 99.3 Å². The third-order valence-corrected chi connectivity index (χ3v) is 4.87. The molecule has 90 valence electrons. The normalized spacial score (nSPS) is 38.6. The highest BCUT2D eigenvalue weighted by atomic mass is 16.1. The molecule has 1 nitrogen and oxygen atoms in total. The van der Waals surface area contributed by atoms with E-state index < -0.39 is 0 Å². The largest absolute Gasteiger partial charge is 0.303 e. The van der Waals surface area contributed by atoms with Gasteiger partial charge in [-0.1, -0.05) is 26.0 Å². The van der Waals surface area contributed by atoms with Crippen LogP contribution in [0.15, 0.2) is 12.2 Å². The summed E-state index contributed by atoms with van der Waals surface area (Å²) in [6.07, 6.45) is 8.17. The molecule has 0 N–H and O–H groups in total. The van der Waals surface area contributed by atoms with Crippen LogP contribution in [0, 0.1) is 23.2 Å². The van der Waals surface area contributed by atoms with Crippen LogP contribution in [0.1, 0.15) is 52.4 Å². The zero-order chi connectivity index (χ0) is 11.8. The predicted molar refractivity (Wildman–Crippen MR) is 67.2 cm³/mol. The molecule has 0 aromatic rings. The highest BCUT2D eigenvalue weighted by molar-refractivity contribution is 5.53. The van der Waals surface area contributed by atoms with Crippen molar-refractivity contribution in [1.29, 1.82) is 0 Å². The minimum Gasteiger partial charge on any atom is -0.303 e. The number of fused-ring (bicyclic) bond motifs is 1. The number of carbonyl (C=O) groups excluding carboxylic acids is 1. The molecule has 0 saturated heterocycles. The smallest absolute Gasteiger partial charge is 0.123 e. The Bertz CT molecular complexity index is 290. The van der Waals surface area contributed by atoms with Crippen molar-refractivity contribution in [2.24, 2.45) is 23.2 Å². The van der Waals surface area contributed by atoms with Crippen LogP contribution < -0.4 is 0 Å². The number of hydrogen-bond donors (Lipinski definition) is 0. The van der Waals surface area contributed by atoms with Crippen molar-refractivity contribution >= 4 is 6.29 Å². The summed E-state index contributed by atoms with van der Waals surface area (Å²) in [5.74, 6) is 1.84. The molecule has 0 radical (unpaired) electrons. The average molecular weight is 220 g/mol. The summed E-state index contributed by atoms with van der Waals surface area (Å²) < 4.78 is 0. The van der Waals surface area contributed by atoms with Crippen molar-refractivity contribution < 1.29 is 4.79 Å². The van der Waals surface area contributed by atoms with Gasteiger partial charge in [-0.25, -0.2) is 0 Å². The van der Waals surface area contributed by atoms with Crippen molar-refractivity contribution in [2.45, 2.75) is 52.4 Å². The molecule has 3 atom stereocenters. The Balaban J connectivity index is 2.07. The average Bonchev–Trinajstić information content (AvgIpc) is 2.28. The fourth-order valence-corrected chi connectivity index (χ4v) is 3.72. The maximum absolute atomic E-state index is 11.0. The number of carbonyl (C=O) groups is 1. The van der Waals surface area contributed by atoms with Gasteiger partial charge in [0.1, 0.15) is 6.29 Å². The molecule has 2 aliphatic carbocycles. The van der Waals surface area contributed by atoms with Gasteiger partial charge in [-0.2, -0.15) is 0 Å². The van der Waals surface area contributed by atoms with E-state index in [0.29, 0.717) is 11.3 Å². The van der Waals surface area contributed by atoms with Gasteiger partial charge in [0, 0.05) is 5.92 Å². The molecule has 16 heavy (non-hydrogen) atoms. The van der Waals surface area contributed by atoms with E-state index in [9.17, 15) is 4.79 Å². The van der Waals surface area contributed by atoms with Gasteiger partial charge in [0.25, 0.3) is 0 Å². The summed E-state index contributed by atoms with van der Waals surface area (Å²) in [6, 6.07) is 0. The van der Waals surface area contributed by atoms with E-state index in [4.69, 9.17) is 0 Å².